The molecule has 1 amide bonds. The molecule has 1 N–H and O–H groups in total. The number of carbonyl (C=O) groups excluding carboxylic acids is 1. The van der Waals surface area contributed by atoms with E-state index in [0.717, 1.165) is 0 Å². The van der Waals surface area contributed by atoms with Gasteiger partial charge in [-0.2, -0.15) is 0 Å². The number of carbonyl (C=O) groups is 1. The molecule has 0 aliphatic carbocycles. The van der Waals surface area contributed by atoms with Crippen LogP contribution in [0.1, 0.15) is 15.9 Å². The standard InChI is InChI=1S/C16H17N3O3/c1-11-13(17-16(20)12-7-5-4-6-8-12)9-10-14(19(21)22)15(11)18(2)3/h4-10H,1-3H3,(H,17,20). The molecule has 0 saturated heterocycles. The van der Waals surface area contributed by atoms with E-state index in [2.05, 4.69) is 5.32 Å². The van der Waals surface area contributed by atoms with Crippen LogP contribution in [-0.4, -0.2) is 24.9 Å². The third kappa shape index (κ3) is 3.06. The number of anilines is 2. The lowest BCUT2D eigenvalue weighted by molar-refractivity contribution is -0.384. The fraction of sp³-hybridized carbons (Fsp3) is 0.188. The number of nitro groups is 1. The molecule has 2 rings (SSSR count). The van der Waals surface area contributed by atoms with E-state index >= 15 is 0 Å². The van der Waals surface area contributed by atoms with E-state index in [1.165, 1.54) is 6.07 Å². The first kappa shape index (κ1) is 15.5. The SMILES string of the molecule is Cc1c(NC(=O)c2ccccc2)ccc([N+](=O)[O-])c1N(C)C. The Bertz CT molecular complexity index is 712. The maximum Gasteiger partial charge on any atom is 0.292 e. The molecule has 0 unspecified atom stereocenters. The molecule has 0 heterocycles. The van der Waals surface area contributed by atoms with Crippen molar-refractivity contribution in [2.75, 3.05) is 24.3 Å². The highest BCUT2D eigenvalue weighted by molar-refractivity contribution is 6.05. The van der Waals surface area contributed by atoms with Gasteiger partial charge in [-0.15, -0.1) is 0 Å². The van der Waals surface area contributed by atoms with E-state index in [0.29, 0.717) is 22.5 Å². The van der Waals surface area contributed by atoms with Gasteiger partial charge in [0.2, 0.25) is 0 Å². The summed E-state index contributed by atoms with van der Waals surface area (Å²) in [5.74, 6) is -0.248. The van der Waals surface area contributed by atoms with E-state index < -0.39 is 4.92 Å². The normalized spacial score (nSPS) is 10.1. The van der Waals surface area contributed by atoms with Gasteiger partial charge >= 0.3 is 0 Å². The molecule has 0 radical (unpaired) electrons. The van der Waals surface area contributed by atoms with Crippen LogP contribution >= 0.6 is 0 Å². The molecule has 0 fully saturated rings. The minimum atomic E-state index is -0.425. The first-order valence-electron chi connectivity index (χ1n) is 6.73. The van der Waals surface area contributed by atoms with Crippen LogP contribution in [0.25, 0.3) is 0 Å². The number of nitrogens with zero attached hydrogens (tertiary/aromatic N) is 2. The van der Waals surface area contributed by atoms with Gasteiger partial charge in [0, 0.05) is 37.0 Å². The Hall–Kier alpha value is -2.89. The first-order chi connectivity index (χ1) is 10.4. The Labute approximate surface area is 128 Å². The second kappa shape index (κ2) is 6.26. The fourth-order valence-corrected chi connectivity index (χ4v) is 2.32. The molecule has 22 heavy (non-hydrogen) atoms. The summed E-state index contributed by atoms with van der Waals surface area (Å²) >= 11 is 0. The Morgan fingerprint density at radius 2 is 1.77 bits per heavy atom. The van der Waals surface area contributed by atoms with Crippen molar-refractivity contribution in [1.29, 1.82) is 0 Å². The molecule has 0 aliphatic heterocycles. The largest absolute Gasteiger partial charge is 0.372 e. The monoisotopic (exact) mass is 299 g/mol. The molecule has 6 nitrogen and oxygen atoms in total. The number of amides is 1. The zero-order chi connectivity index (χ0) is 16.3. The van der Waals surface area contributed by atoms with Gasteiger partial charge in [-0.1, -0.05) is 18.2 Å². The minimum Gasteiger partial charge on any atom is -0.372 e. The van der Waals surface area contributed by atoms with Crippen LogP contribution in [-0.2, 0) is 0 Å². The van der Waals surface area contributed by atoms with Crippen molar-refractivity contribution in [2.45, 2.75) is 6.92 Å². The van der Waals surface area contributed by atoms with Gasteiger partial charge in [0.1, 0.15) is 5.69 Å². The zero-order valence-corrected chi connectivity index (χ0v) is 12.7. The highest BCUT2D eigenvalue weighted by Gasteiger charge is 2.21. The van der Waals surface area contributed by atoms with Crippen LogP contribution in [0.4, 0.5) is 17.1 Å². The Morgan fingerprint density at radius 3 is 2.32 bits per heavy atom. The van der Waals surface area contributed by atoms with Crippen LogP contribution < -0.4 is 10.2 Å². The third-order valence-electron chi connectivity index (χ3n) is 3.34. The summed E-state index contributed by atoms with van der Waals surface area (Å²) in [6, 6.07) is 11.8. The lowest BCUT2D eigenvalue weighted by atomic mass is 10.1. The summed E-state index contributed by atoms with van der Waals surface area (Å²) in [6.45, 7) is 1.75. The second-order valence-electron chi connectivity index (χ2n) is 5.08. The van der Waals surface area contributed by atoms with Gasteiger partial charge in [0.05, 0.1) is 4.92 Å². The molecule has 0 saturated carbocycles. The molecule has 0 atom stereocenters. The average molecular weight is 299 g/mol. The maximum atomic E-state index is 12.2. The average Bonchev–Trinajstić information content (AvgIpc) is 2.49. The van der Waals surface area contributed by atoms with Crippen molar-refractivity contribution in [3.05, 3.63) is 63.7 Å². The summed E-state index contributed by atoms with van der Waals surface area (Å²) < 4.78 is 0. The van der Waals surface area contributed by atoms with Crippen molar-refractivity contribution < 1.29 is 9.72 Å². The maximum absolute atomic E-state index is 12.2. The van der Waals surface area contributed by atoms with Gasteiger partial charge in [-0.3, -0.25) is 14.9 Å². The number of hydrogen-bond donors (Lipinski definition) is 1. The van der Waals surface area contributed by atoms with Crippen molar-refractivity contribution in [2.24, 2.45) is 0 Å². The molecule has 114 valence electrons. The molecule has 0 spiro atoms. The molecule has 0 bridgehead atoms. The smallest absolute Gasteiger partial charge is 0.292 e. The van der Waals surface area contributed by atoms with Gasteiger partial charge in [-0.05, 0) is 25.1 Å². The lowest BCUT2D eigenvalue weighted by Crippen LogP contribution is -2.16. The van der Waals surface area contributed by atoms with Crippen molar-refractivity contribution in [1.82, 2.24) is 0 Å². The van der Waals surface area contributed by atoms with E-state index in [-0.39, 0.29) is 11.6 Å². The first-order valence-corrected chi connectivity index (χ1v) is 6.73. The van der Waals surface area contributed by atoms with Crippen LogP contribution in [0.15, 0.2) is 42.5 Å². The number of benzene rings is 2. The minimum absolute atomic E-state index is 0.0141. The van der Waals surface area contributed by atoms with Crippen molar-refractivity contribution in [3.8, 4) is 0 Å². The van der Waals surface area contributed by atoms with Crippen LogP contribution in [0, 0.1) is 17.0 Å². The van der Waals surface area contributed by atoms with Crippen LogP contribution in [0.2, 0.25) is 0 Å². The summed E-state index contributed by atoms with van der Waals surface area (Å²) in [5, 5.41) is 13.9. The number of nitrogens with one attached hydrogen (secondary N) is 1. The molecule has 0 aromatic heterocycles. The van der Waals surface area contributed by atoms with E-state index in [4.69, 9.17) is 0 Å². The van der Waals surface area contributed by atoms with Gasteiger partial charge < -0.3 is 10.2 Å². The van der Waals surface area contributed by atoms with Crippen LogP contribution in [0.5, 0.6) is 0 Å². The zero-order valence-electron chi connectivity index (χ0n) is 12.7. The summed E-state index contributed by atoms with van der Waals surface area (Å²) in [7, 11) is 3.47. The van der Waals surface area contributed by atoms with E-state index in [9.17, 15) is 14.9 Å². The molecule has 0 aliphatic rings. The second-order valence-corrected chi connectivity index (χ2v) is 5.08. The number of rotatable bonds is 4. The Balaban J connectivity index is 2.39. The molecule has 2 aromatic carbocycles. The fourth-order valence-electron chi connectivity index (χ4n) is 2.32. The van der Waals surface area contributed by atoms with Crippen molar-refractivity contribution in [3.63, 3.8) is 0 Å². The molecular formula is C16H17N3O3. The molecule has 2 aromatic rings. The van der Waals surface area contributed by atoms with E-state index in [1.54, 1.807) is 56.3 Å². The topological polar surface area (TPSA) is 75.5 Å². The Morgan fingerprint density at radius 1 is 1.14 bits per heavy atom. The van der Waals surface area contributed by atoms with E-state index in [1.807, 2.05) is 6.07 Å². The van der Waals surface area contributed by atoms with Gasteiger partial charge in [0.25, 0.3) is 11.6 Å². The summed E-state index contributed by atoms with van der Waals surface area (Å²) in [5.41, 5.74) is 2.24. The van der Waals surface area contributed by atoms with Gasteiger partial charge in [0.15, 0.2) is 0 Å². The van der Waals surface area contributed by atoms with Crippen LogP contribution in [0.3, 0.4) is 0 Å². The van der Waals surface area contributed by atoms with Crippen molar-refractivity contribution >= 4 is 23.0 Å². The highest BCUT2D eigenvalue weighted by atomic mass is 16.6. The van der Waals surface area contributed by atoms with Gasteiger partial charge in [-0.25, -0.2) is 0 Å². The molecular weight excluding hydrogens is 282 g/mol. The Kier molecular flexibility index (Phi) is 4.41. The number of hydrogen-bond acceptors (Lipinski definition) is 4. The lowest BCUT2D eigenvalue weighted by Gasteiger charge is -2.18. The third-order valence-corrected chi connectivity index (χ3v) is 3.34. The molecule has 6 heteroatoms. The predicted octanol–water partition coefficient (Wildman–Crippen LogP) is 3.22. The predicted molar refractivity (Wildman–Crippen MR) is 86.6 cm³/mol. The number of nitro benzene ring substituents is 1. The summed E-state index contributed by atoms with van der Waals surface area (Å²) in [4.78, 5) is 24.6. The summed E-state index contributed by atoms with van der Waals surface area (Å²) in [6.07, 6.45) is 0. The highest BCUT2D eigenvalue weighted by Crippen LogP contribution is 2.35. The quantitative estimate of drug-likeness (QED) is 0.694.